The first-order chi connectivity index (χ1) is 15.8. The predicted molar refractivity (Wildman–Crippen MR) is 118 cm³/mol. The number of imide groups is 1. The number of urea groups is 1. The zero-order valence-corrected chi connectivity index (χ0v) is 17.9. The van der Waals surface area contributed by atoms with E-state index in [1.807, 2.05) is 0 Å². The maximum atomic E-state index is 14.3. The van der Waals surface area contributed by atoms with Crippen molar-refractivity contribution < 1.29 is 23.2 Å². The molecular formula is C24H20F2N4O3. The molecule has 1 saturated heterocycles. The fourth-order valence-electron chi connectivity index (χ4n) is 3.70. The molecule has 1 aliphatic heterocycles. The molecule has 0 unspecified atom stereocenters. The highest BCUT2D eigenvalue weighted by atomic mass is 19.1. The number of amides is 4. The zero-order valence-electron chi connectivity index (χ0n) is 17.9. The fourth-order valence-corrected chi connectivity index (χ4v) is 3.70. The molecule has 2 N–H and O–H groups in total. The van der Waals surface area contributed by atoms with Gasteiger partial charge in [0.2, 0.25) is 5.91 Å². The van der Waals surface area contributed by atoms with Gasteiger partial charge in [-0.1, -0.05) is 24.3 Å². The lowest BCUT2D eigenvalue weighted by atomic mass is 10.2. The van der Waals surface area contributed by atoms with E-state index in [1.54, 1.807) is 48.7 Å². The van der Waals surface area contributed by atoms with Crippen LogP contribution in [-0.2, 0) is 9.59 Å². The third kappa shape index (κ3) is 4.25. The van der Waals surface area contributed by atoms with E-state index in [0.717, 1.165) is 10.6 Å². The minimum absolute atomic E-state index is 0.0209. The van der Waals surface area contributed by atoms with E-state index >= 15 is 0 Å². The number of nitrogens with zero attached hydrogens (tertiary/aromatic N) is 2. The van der Waals surface area contributed by atoms with Gasteiger partial charge in [-0.15, -0.1) is 0 Å². The number of aromatic nitrogens is 1. The van der Waals surface area contributed by atoms with Gasteiger partial charge in [-0.3, -0.25) is 9.59 Å². The van der Waals surface area contributed by atoms with Crippen molar-refractivity contribution in [2.45, 2.75) is 13.8 Å². The Labute approximate surface area is 188 Å². The van der Waals surface area contributed by atoms with Gasteiger partial charge in [0.25, 0.3) is 5.91 Å². The first-order valence-corrected chi connectivity index (χ1v) is 10.1. The molecule has 1 fully saturated rings. The quantitative estimate of drug-likeness (QED) is 0.457. The maximum Gasteiger partial charge on any atom is 0.329 e. The molecule has 9 heteroatoms. The average molecular weight is 450 g/mol. The number of carbonyl (C=O) groups is 3. The molecule has 0 aliphatic carbocycles. The van der Waals surface area contributed by atoms with E-state index in [-0.39, 0.29) is 11.4 Å². The van der Waals surface area contributed by atoms with Crippen molar-refractivity contribution in [1.29, 1.82) is 0 Å². The van der Waals surface area contributed by atoms with Gasteiger partial charge in [0.15, 0.2) is 0 Å². The highest BCUT2D eigenvalue weighted by Crippen LogP contribution is 2.25. The van der Waals surface area contributed by atoms with Crippen molar-refractivity contribution in [1.82, 2.24) is 14.8 Å². The molecule has 2 heterocycles. The average Bonchev–Trinajstić information content (AvgIpc) is 3.19. The first-order valence-electron chi connectivity index (χ1n) is 10.1. The normalized spacial score (nSPS) is 14.7. The van der Waals surface area contributed by atoms with Crippen LogP contribution in [0.4, 0.5) is 19.3 Å². The van der Waals surface area contributed by atoms with Crippen LogP contribution in [0.15, 0.2) is 60.3 Å². The molecule has 7 nitrogen and oxygen atoms in total. The minimum atomic E-state index is -0.766. The van der Waals surface area contributed by atoms with Crippen LogP contribution in [0.3, 0.4) is 0 Å². The van der Waals surface area contributed by atoms with Gasteiger partial charge >= 0.3 is 6.03 Å². The summed E-state index contributed by atoms with van der Waals surface area (Å²) in [5, 5.41) is 4.79. The van der Waals surface area contributed by atoms with Crippen LogP contribution in [0.5, 0.6) is 0 Å². The SMILES string of the molecule is Cc1cc(/C=C2/NC(=O)N(CC(=O)Nc3ccccc3F)C2=O)c(C)n1-c1ccccc1F. The van der Waals surface area contributed by atoms with E-state index in [0.29, 0.717) is 16.9 Å². The number of hydrogen-bond donors (Lipinski definition) is 2. The fraction of sp³-hybridized carbons (Fsp3) is 0.125. The molecule has 0 saturated carbocycles. The zero-order chi connectivity index (χ0) is 23.7. The molecule has 2 aromatic carbocycles. The number of halogens is 2. The molecule has 33 heavy (non-hydrogen) atoms. The van der Waals surface area contributed by atoms with Gasteiger partial charge in [0, 0.05) is 11.4 Å². The number of aryl methyl sites for hydroxylation is 1. The van der Waals surface area contributed by atoms with Gasteiger partial charge in [-0.05, 0) is 55.8 Å². The van der Waals surface area contributed by atoms with Crippen LogP contribution in [0, 0.1) is 25.5 Å². The van der Waals surface area contributed by atoms with E-state index in [1.165, 1.54) is 30.3 Å². The number of anilines is 1. The Morgan fingerprint density at radius 1 is 1.03 bits per heavy atom. The van der Waals surface area contributed by atoms with Gasteiger partial charge < -0.3 is 15.2 Å². The van der Waals surface area contributed by atoms with Crippen molar-refractivity contribution in [2.24, 2.45) is 0 Å². The lowest BCUT2D eigenvalue weighted by Gasteiger charge is -2.12. The lowest BCUT2D eigenvalue weighted by molar-refractivity contribution is -0.127. The first kappa shape index (κ1) is 21.9. The van der Waals surface area contributed by atoms with E-state index in [2.05, 4.69) is 10.6 Å². The van der Waals surface area contributed by atoms with E-state index in [9.17, 15) is 23.2 Å². The van der Waals surface area contributed by atoms with Crippen molar-refractivity contribution in [3.63, 3.8) is 0 Å². The van der Waals surface area contributed by atoms with Gasteiger partial charge in [0.05, 0.1) is 11.4 Å². The largest absolute Gasteiger partial charge is 0.329 e. The molecule has 4 rings (SSSR count). The Kier molecular flexibility index (Phi) is 5.78. The highest BCUT2D eigenvalue weighted by molar-refractivity contribution is 6.16. The van der Waals surface area contributed by atoms with Crippen LogP contribution in [-0.4, -0.2) is 33.9 Å². The third-order valence-electron chi connectivity index (χ3n) is 5.28. The van der Waals surface area contributed by atoms with Crippen molar-refractivity contribution in [3.05, 3.63) is 88.9 Å². The summed E-state index contributed by atoms with van der Waals surface area (Å²) in [5.74, 6) is -2.44. The van der Waals surface area contributed by atoms with Crippen molar-refractivity contribution >= 4 is 29.6 Å². The lowest BCUT2D eigenvalue weighted by Crippen LogP contribution is -2.38. The summed E-state index contributed by atoms with van der Waals surface area (Å²) in [6, 6.07) is 12.9. The smallest absolute Gasteiger partial charge is 0.322 e. The summed E-state index contributed by atoms with van der Waals surface area (Å²) in [6.07, 6.45) is 1.48. The van der Waals surface area contributed by atoms with Crippen LogP contribution >= 0.6 is 0 Å². The van der Waals surface area contributed by atoms with Crippen molar-refractivity contribution in [3.8, 4) is 5.69 Å². The molecule has 4 amide bonds. The number of carbonyl (C=O) groups excluding carboxylic acids is 3. The molecule has 168 valence electrons. The van der Waals surface area contributed by atoms with Crippen LogP contribution < -0.4 is 10.6 Å². The molecule has 0 spiro atoms. The van der Waals surface area contributed by atoms with E-state index in [4.69, 9.17) is 0 Å². The Morgan fingerprint density at radius 3 is 2.39 bits per heavy atom. The summed E-state index contributed by atoms with van der Waals surface area (Å²) < 4.78 is 29.7. The number of para-hydroxylation sites is 2. The molecule has 0 bridgehead atoms. The monoisotopic (exact) mass is 450 g/mol. The second-order valence-corrected chi connectivity index (χ2v) is 7.52. The standard InChI is InChI=1S/C24H20F2N4O3/c1-14-11-16(15(2)30(14)21-10-6-4-8-18(21)26)12-20-23(32)29(24(33)28-20)13-22(31)27-19-9-5-3-7-17(19)25/h3-12H,13H2,1-2H3,(H,27,31)(H,28,33)/b20-12+. The van der Waals surface area contributed by atoms with Gasteiger partial charge in [0.1, 0.15) is 23.9 Å². The second-order valence-electron chi connectivity index (χ2n) is 7.52. The molecule has 1 aliphatic rings. The van der Waals surface area contributed by atoms with Crippen LogP contribution in [0.1, 0.15) is 17.0 Å². The summed E-state index contributed by atoms with van der Waals surface area (Å²) in [6.45, 7) is 2.99. The summed E-state index contributed by atoms with van der Waals surface area (Å²) in [5.41, 5.74) is 2.31. The Morgan fingerprint density at radius 2 is 1.70 bits per heavy atom. The Hall–Kier alpha value is -4.27. The summed E-state index contributed by atoms with van der Waals surface area (Å²) in [7, 11) is 0. The molecule has 1 aromatic heterocycles. The number of rotatable bonds is 5. The molecular weight excluding hydrogens is 430 g/mol. The Bertz CT molecular complexity index is 1310. The van der Waals surface area contributed by atoms with E-state index < -0.39 is 36.0 Å². The van der Waals surface area contributed by atoms with Gasteiger partial charge in [-0.25, -0.2) is 18.5 Å². The minimum Gasteiger partial charge on any atom is -0.322 e. The topological polar surface area (TPSA) is 83.4 Å². The van der Waals surface area contributed by atoms with Crippen LogP contribution in [0.25, 0.3) is 11.8 Å². The molecule has 3 aromatic rings. The summed E-state index contributed by atoms with van der Waals surface area (Å²) >= 11 is 0. The number of hydrogen-bond acceptors (Lipinski definition) is 3. The summed E-state index contributed by atoms with van der Waals surface area (Å²) in [4.78, 5) is 38.1. The number of benzene rings is 2. The molecule has 0 radical (unpaired) electrons. The third-order valence-corrected chi connectivity index (χ3v) is 5.28. The van der Waals surface area contributed by atoms with Crippen molar-refractivity contribution in [2.75, 3.05) is 11.9 Å². The molecule has 0 atom stereocenters. The number of nitrogens with one attached hydrogen (secondary N) is 2. The highest BCUT2D eigenvalue weighted by Gasteiger charge is 2.35. The van der Waals surface area contributed by atoms with Crippen LogP contribution in [0.2, 0.25) is 0 Å². The predicted octanol–water partition coefficient (Wildman–Crippen LogP) is 3.90. The second kappa shape index (κ2) is 8.70. The van der Waals surface area contributed by atoms with Gasteiger partial charge in [-0.2, -0.15) is 0 Å². The Balaban J connectivity index is 1.55. The maximum absolute atomic E-state index is 14.3.